The summed E-state index contributed by atoms with van der Waals surface area (Å²) >= 11 is 0. The number of rotatable bonds is 2. The van der Waals surface area contributed by atoms with Crippen molar-refractivity contribution in [3.8, 4) is 11.5 Å². The van der Waals surface area contributed by atoms with Crippen molar-refractivity contribution in [2.45, 2.75) is 39.5 Å². The van der Waals surface area contributed by atoms with Crippen LogP contribution in [0.25, 0.3) is 0 Å². The molecule has 0 amide bonds. The van der Waals surface area contributed by atoms with E-state index in [9.17, 15) is 0 Å². The average Bonchev–Trinajstić information content (AvgIpc) is 2.66. The molecule has 0 radical (unpaired) electrons. The Balaban J connectivity index is 0.000000195. The highest BCUT2D eigenvalue weighted by Gasteiger charge is 1.94. The molecule has 2 heteroatoms. The first kappa shape index (κ1) is 21.3. The molecule has 3 rings (SSSR count). The molecule has 2 N–H and O–H groups in total. The molecule has 0 aromatic heterocycles. The Morgan fingerprint density at radius 1 is 0.462 bits per heavy atom. The summed E-state index contributed by atoms with van der Waals surface area (Å²) in [5.41, 5.74) is 2.83. The van der Waals surface area contributed by atoms with Gasteiger partial charge >= 0.3 is 0 Å². The average molecular weight is 351 g/mol. The van der Waals surface area contributed by atoms with Crippen LogP contribution in [0, 0.1) is 0 Å². The first-order valence-corrected chi connectivity index (χ1v) is 8.98. The van der Waals surface area contributed by atoms with E-state index in [1.165, 1.54) is 35.4 Å². The number of hydrogen-bond acceptors (Lipinski definition) is 2. The van der Waals surface area contributed by atoms with Gasteiger partial charge in [-0.3, -0.25) is 0 Å². The van der Waals surface area contributed by atoms with Crippen molar-refractivity contribution in [1.29, 1.82) is 0 Å². The van der Waals surface area contributed by atoms with Gasteiger partial charge in [0.2, 0.25) is 0 Å². The van der Waals surface area contributed by atoms with Crippen molar-refractivity contribution in [3.63, 3.8) is 0 Å². The van der Waals surface area contributed by atoms with E-state index in [1.54, 1.807) is 0 Å². The predicted molar refractivity (Wildman–Crippen MR) is 111 cm³/mol. The summed E-state index contributed by atoms with van der Waals surface area (Å²) in [6.45, 7) is 8.81. The number of phenols is 2. The summed E-state index contributed by atoms with van der Waals surface area (Å²) in [5.74, 6) is 1.66. The van der Waals surface area contributed by atoms with Gasteiger partial charge < -0.3 is 10.2 Å². The minimum absolute atomic E-state index is 0.169. The second kappa shape index (κ2) is 11.8. The van der Waals surface area contributed by atoms with Gasteiger partial charge in [0.25, 0.3) is 0 Å². The Kier molecular flexibility index (Phi) is 9.63. The van der Waals surface area contributed by atoms with E-state index in [1.807, 2.05) is 12.1 Å². The normalized spacial score (nSPS) is 9.77. The zero-order valence-electron chi connectivity index (χ0n) is 16.1. The first-order chi connectivity index (χ1) is 12.4. The number of hydrogen-bond donors (Lipinski definition) is 2. The maximum absolute atomic E-state index is 8.65. The van der Waals surface area contributed by atoms with Crippen LogP contribution in [0.15, 0.2) is 84.9 Å². The molecule has 0 saturated heterocycles. The standard InChI is InChI=1S/2C9H12.C6H6O2/c2*1-8(2)9-6-4-3-5-7-9;7-5-1-2-6(8)4-3-5/h2*3-8H,1-2H3;1-4,7-8H. The molecule has 0 aliphatic rings. The lowest BCUT2D eigenvalue weighted by atomic mass is 10.0. The van der Waals surface area contributed by atoms with Crippen molar-refractivity contribution in [1.82, 2.24) is 0 Å². The Bertz CT molecular complexity index is 638. The Morgan fingerprint density at radius 3 is 0.923 bits per heavy atom. The lowest BCUT2D eigenvalue weighted by molar-refractivity contribution is 0.460. The fourth-order valence-electron chi connectivity index (χ4n) is 2.13. The fraction of sp³-hybridized carbons (Fsp3) is 0.250. The molecule has 26 heavy (non-hydrogen) atoms. The molecule has 0 spiro atoms. The van der Waals surface area contributed by atoms with Crippen LogP contribution in [-0.2, 0) is 0 Å². The summed E-state index contributed by atoms with van der Waals surface area (Å²) in [6.07, 6.45) is 0. The molecule has 2 nitrogen and oxygen atoms in total. The van der Waals surface area contributed by atoms with E-state index < -0.39 is 0 Å². The minimum Gasteiger partial charge on any atom is -0.508 e. The zero-order valence-corrected chi connectivity index (χ0v) is 16.1. The largest absolute Gasteiger partial charge is 0.508 e. The summed E-state index contributed by atoms with van der Waals surface area (Å²) in [5, 5.41) is 17.3. The number of aromatic hydroxyl groups is 2. The summed E-state index contributed by atoms with van der Waals surface area (Å²) < 4.78 is 0. The van der Waals surface area contributed by atoms with Crippen molar-refractivity contribution in [2.75, 3.05) is 0 Å². The monoisotopic (exact) mass is 350 g/mol. The van der Waals surface area contributed by atoms with Crippen LogP contribution in [0.4, 0.5) is 0 Å². The van der Waals surface area contributed by atoms with Crippen LogP contribution >= 0.6 is 0 Å². The third-order valence-corrected chi connectivity index (χ3v) is 3.78. The van der Waals surface area contributed by atoms with Gasteiger partial charge in [0, 0.05) is 0 Å². The van der Waals surface area contributed by atoms with Gasteiger partial charge in [0.15, 0.2) is 0 Å². The van der Waals surface area contributed by atoms with Crippen molar-refractivity contribution >= 4 is 0 Å². The molecule has 0 fully saturated rings. The summed E-state index contributed by atoms with van der Waals surface area (Å²) in [7, 11) is 0. The maximum Gasteiger partial charge on any atom is 0.115 e. The third kappa shape index (κ3) is 8.93. The van der Waals surface area contributed by atoms with Gasteiger partial charge in [-0.2, -0.15) is 0 Å². The predicted octanol–water partition coefficient (Wildman–Crippen LogP) is 6.72. The van der Waals surface area contributed by atoms with Crippen molar-refractivity contribution in [3.05, 3.63) is 96.1 Å². The molecule has 3 aromatic rings. The second-order valence-electron chi connectivity index (χ2n) is 6.65. The second-order valence-corrected chi connectivity index (χ2v) is 6.65. The highest BCUT2D eigenvalue weighted by molar-refractivity contribution is 5.28. The number of benzene rings is 3. The van der Waals surface area contributed by atoms with E-state index in [4.69, 9.17) is 10.2 Å². The quantitative estimate of drug-likeness (QED) is 0.504. The van der Waals surface area contributed by atoms with Gasteiger partial charge in [0.05, 0.1) is 0 Å². The molecule has 0 bridgehead atoms. The molecule has 0 aliphatic carbocycles. The fourth-order valence-corrected chi connectivity index (χ4v) is 2.13. The van der Waals surface area contributed by atoms with Crippen LogP contribution in [0.5, 0.6) is 11.5 Å². The Morgan fingerprint density at radius 2 is 0.731 bits per heavy atom. The minimum atomic E-state index is 0.169. The molecular formula is C24H30O2. The van der Waals surface area contributed by atoms with Gasteiger partial charge in [0.1, 0.15) is 11.5 Å². The molecule has 138 valence electrons. The molecular weight excluding hydrogens is 320 g/mol. The summed E-state index contributed by atoms with van der Waals surface area (Å²) in [6, 6.07) is 26.7. The van der Waals surface area contributed by atoms with E-state index >= 15 is 0 Å². The van der Waals surface area contributed by atoms with Crippen molar-refractivity contribution in [2.24, 2.45) is 0 Å². The molecule has 0 atom stereocenters. The third-order valence-electron chi connectivity index (χ3n) is 3.78. The molecule has 0 saturated carbocycles. The number of phenolic OH excluding ortho intramolecular Hbond substituents is 2. The van der Waals surface area contributed by atoms with Crippen LogP contribution in [0.3, 0.4) is 0 Å². The zero-order chi connectivity index (χ0) is 19.4. The van der Waals surface area contributed by atoms with E-state index in [0.717, 1.165) is 0 Å². The van der Waals surface area contributed by atoms with Crippen LogP contribution in [-0.4, -0.2) is 10.2 Å². The maximum atomic E-state index is 8.65. The van der Waals surface area contributed by atoms with E-state index in [2.05, 4.69) is 76.2 Å². The molecule has 0 unspecified atom stereocenters. The van der Waals surface area contributed by atoms with Gasteiger partial charge in [-0.05, 0) is 47.2 Å². The molecule has 0 heterocycles. The van der Waals surface area contributed by atoms with Gasteiger partial charge in [-0.25, -0.2) is 0 Å². The van der Waals surface area contributed by atoms with Crippen molar-refractivity contribution < 1.29 is 10.2 Å². The SMILES string of the molecule is CC(C)c1ccccc1.CC(C)c1ccccc1.Oc1ccc(O)cc1. The highest BCUT2D eigenvalue weighted by atomic mass is 16.3. The van der Waals surface area contributed by atoms with Crippen LogP contribution in [0.2, 0.25) is 0 Å². The van der Waals surface area contributed by atoms with E-state index in [-0.39, 0.29) is 11.5 Å². The van der Waals surface area contributed by atoms with Crippen LogP contribution < -0.4 is 0 Å². The Labute approximate surface area is 157 Å². The molecule has 0 aliphatic heterocycles. The highest BCUT2D eigenvalue weighted by Crippen LogP contribution is 2.13. The molecule has 3 aromatic carbocycles. The van der Waals surface area contributed by atoms with E-state index in [0.29, 0.717) is 11.8 Å². The Hall–Kier alpha value is -2.74. The smallest absolute Gasteiger partial charge is 0.115 e. The lowest BCUT2D eigenvalue weighted by Gasteiger charge is -2.01. The van der Waals surface area contributed by atoms with Crippen LogP contribution in [0.1, 0.15) is 50.7 Å². The van der Waals surface area contributed by atoms with Gasteiger partial charge in [-0.15, -0.1) is 0 Å². The summed E-state index contributed by atoms with van der Waals surface area (Å²) in [4.78, 5) is 0. The van der Waals surface area contributed by atoms with Gasteiger partial charge in [-0.1, -0.05) is 88.4 Å². The first-order valence-electron chi connectivity index (χ1n) is 8.98. The topological polar surface area (TPSA) is 40.5 Å². The lowest BCUT2D eigenvalue weighted by Crippen LogP contribution is -1.83.